The summed E-state index contributed by atoms with van der Waals surface area (Å²) in [7, 11) is 0. The van der Waals surface area contributed by atoms with Gasteiger partial charge in [0.05, 0.1) is 6.54 Å². The van der Waals surface area contributed by atoms with E-state index in [1.807, 2.05) is 4.68 Å². The van der Waals surface area contributed by atoms with Gasteiger partial charge >= 0.3 is 0 Å². The lowest BCUT2D eigenvalue weighted by molar-refractivity contribution is 0.319. The summed E-state index contributed by atoms with van der Waals surface area (Å²) >= 11 is 0. The molecule has 4 nitrogen and oxygen atoms in total. The van der Waals surface area contributed by atoms with Crippen LogP contribution in [-0.4, -0.2) is 20.3 Å². The molecule has 0 saturated carbocycles. The van der Waals surface area contributed by atoms with Crippen LogP contribution in [0.2, 0.25) is 0 Å². The van der Waals surface area contributed by atoms with Gasteiger partial charge in [-0.25, -0.2) is 9.67 Å². The molecular formula is C13H26N4. The lowest BCUT2D eigenvalue weighted by Gasteiger charge is -2.28. The van der Waals surface area contributed by atoms with Crippen molar-refractivity contribution in [1.29, 1.82) is 0 Å². The maximum Gasteiger partial charge on any atom is 0.140 e. The molecule has 17 heavy (non-hydrogen) atoms. The van der Waals surface area contributed by atoms with Crippen molar-refractivity contribution in [2.24, 2.45) is 5.92 Å². The molecule has 0 bridgehead atoms. The fourth-order valence-electron chi connectivity index (χ4n) is 1.72. The summed E-state index contributed by atoms with van der Waals surface area (Å²) in [6.45, 7) is 12.8. The van der Waals surface area contributed by atoms with Crippen LogP contribution in [0.25, 0.3) is 0 Å². The second-order valence-corrected chi connectivity index (χ2v) is 5.37. The van der Waals surface area contributed by atoms with E-state index >= 15 is 0 Å². The van der Waals surface area contributed by atoms with E-state index in [0.717, 1.165) is 31.8 Å². The van der Waals surface area contributed by atoms with Crippen molar-refractivity contribution in [1.82, 2.24) is 20.1 Å². The van der Waals surface area contributed by atoms with E-state index in [0.29, 0.717) is 5.92 Å². The van der Waals surface area contributed by atoms with Crippen molar-refractivity contribution >= 4 is 0 Å². The SMILES string of the molecule is CCC(C)(CC)NCc1ncnn1CC(C)C. The predicted octanol–water partition coefficient (Wildman–Crippen LogP) is 2.60. The van der Waals surface area contributed by atoms with E-state index in [4.69, 9.17) is 0 Å². The first-order chi connectivity index (χ1) is 8.00. The zero-order valence-corrected chi connectivity index (χ0v) is 11.8. The Kier molecular flexibility index (Phi) is 5.12. The van der Waals surface area contributed by atoms with Crippen LogP contribution < -0.4 is 5.32 Å². The average Bonchev–Trinajstić information content (AvgIpc) is 2.72. The lowest BCUT2D eigenvalue weighted by Crippen LogP contribution is -2.41. The summed E-state index contributed by atoms with van der Waals surface area (Å²) in [4.78, 5) is 4.33. The minimum absolute atomic E-state index is 0.203. The lowest BCUT2D eigenvalue weighted by atomic mass is 9.96. The molecule has 1 aromatic heterocycles. The molecule has 0 aliphatic rings. The molecule has 1 heterocycles. The maximum absolute atomic E-state index is 4.33. The molecule has 0 saturated heterocycles. The highest BCUT2D eigenvalue weighted by atomic mass is 15.3. The molecule has 0 unspecified atom stereocenters. The predicted molar refractivity (Wildman–Crippen MR) is 70.7 cm³/mol. The minimum atomic E-state index is 0.203. The van der Waals surface area contributed by atoms with Crippen LogP contribution in [0.15, 0.2) is 6.33 Å². The Bertz CT molecular complexity index is 326. The van der Waals surface area contributed by atoms with Crippen LogP contribution in [0.1, 0.15) is 53.3 Å². The average molecular weight is 238 g/mol. The van der Waals surface area contributed by atoms with Gasteiger partial charge in [0, 0.05) is 12.1 Å². The molecule has 0 aromatic carbocycles. The molecule has 1 rings (SSSR count). The number of rotatable bonds is 7. The Morgan fingerprint density at radius 1 is 1.35 bits per heavy atom. The summed E-state index contributed by atoms with van der Waals surface area (Å²) in [5, 5.41) is 7.86. The van der Waals surface area contributed by atoms with Crippen LogP contribution >= 0.6 is 0 Å². The van der Waals surface area contributed by atoms with Crippen LogP contribution in [0.5, 0.6) is 0 Å². The van der Waals surface area contributed by atoms with Crippen molar-refractivity contribution in [2.75, 3.05) is 0 Å². The van der Waals surface area contributed by atoms with Gasteiger partial charge in [-0.1, -0.05) is 27.7 Å². The third-order valence-electron chi connectivity index (χ3n) is 3.47. The highest BCUT2D eigenvalue weighted by molar-refractivity contribution is 4.88. The molecule has 0 aliphatic heterocycles. The fourth-order valence-corrected chi connectivity index (χ4v) is 1.72. The smallest absolute Gasteiger partial charge is 0.140 e. The van der Waals surface area contributed by atoms with Crippen molar-refractivity contribution in [3.8, 4) is 0 Å². The van der Waals surface area contributed by atoms with Gasteiger partial charge in [0.1, 0.15) is 12.2 Å². The Labute approximate surface area is 105 Å². The normalized spacial score (nSPS) is 12.4. The summed E-state index contributed by atoms with van der Waals surface area (Å²) < 4.78 is 2.00. The van der Waals surface area contributed by atoms with Gasteiger partial charge in [0.15, 0.2) is 0 Å². The summed E-state index contributed by atoms with van der Waals surface area (Å²) in [6.07, 6.45) is 3.90. The zero-order valence-electron chi connectivity index (χ0n) is 11.8. The second kappa shape index (κ2) is 6.15. The zero-order chi connectivity index (χ0) is 12.9. The number of hydrogen-bond donors (Lipinski definition) is 1. The first kappa shape index (κ1) is 14.2. The molecular weight excluding hydrogens is 212 g/mol. The van der Waals surface area contributed by atoms with Gasteiger partial charge in [-0.05, 0) is 25.7 Å². The standard InChI is InChI=1S/C13H26N4/c1-6-13(5,7-2)15-8-12-14-10-16-17(12)9-11(3)4/h10-11,15H,6-9H2,1-5H3. The monoisotopic (exact) mass is 238 g/mol. The quantitative estimate of drug-likeness (QED) is 0.794. The molecule has 0 amide bonds. The fraction of sp³-hybridized carbons (Fsp3) is 0.846. The maximum atomic E-state index is 4.33. The van der Waals surface area contributed by atoms with Gasteiger partial charge in [-0.15, -0.1) is 0 Å². The van der Waals surface area contributed by atoms with Gasteiger partial charge in [-0.3, -0.25) is 0 Å². The van der Waals surface area contributed by atoms with E-state index in [-0.39, 0.29) is 5.54 Å². The summed E-state index contributed by atoms with van der Waals surface area (Å²) in [5.41, 5.74) is 0.203. The van der Waals surface area contributed by atoms with Gasteiger partial charge < -0.3 is 5.32 Å². The van der Waals surface area contributed by atoms with E-state index in [1.165, 1.54) is 0 Å². The van der Waals surface area contributed by atoms with Crippen LogP contribution in [-0.2, 0) is 13.1 Å². The first-order valence-electron chi connectivity index (χ1n) is 6.62. The number of nitrogens with zero attached hydrogens (tertiary/aromatic N) is 3. The van der Waals surface area contributed by atoms with E-state index in [1.54, 1.807) is 6.33 Å². The molecule has 0 spiro atoms. The highest BCUT2D eigenvalue weighted by Crippen LogP contribution is 2.14. The molecule has 1 aromatic rings. The van der Waals surface area contributed by atoms with E-state index < -0.39 is 0 Å². The first-order valence-corrected chi connectivity index (χ1v) is 6.62. The minimum Gasteiger partial charge on any atom is -0.305 e. The Hall–Kier alpha value is -0.900. The van der Waals surface area contributed by atoms with Crippen LogP contribution in [0, 0.1) is 5.92 Å². The molecule has 0 fully saturated rings. The summed E-state index contributed by atoms with van der Waals surface area (Å²) in [6, 6.07) is 0. The third kappa shape index (κ3) is 4.11. The topological polar surface area (TPSA) is 42.7 Å². The number of hydrogen-bond acceptors (Lipinski definition) is 3. The molecule has 1 N–H and O–H groups in total. The van der Waals surface area contributed by atoms with Gasteiger partial charge in [0.2, 0.25) is 0 Å². The van der Waals surface area contributed by atoms with Gasteiger partial charge in [0.25, 0.3) is 0 Å². The van der Waals surface area contributed by atoms with Crippen LogP contribution in [0.3, 0.4) is 0 Å². The third-order valence-corrected chi connectivity index (χ3v) is 3.47. The van der Waals surface area contributed by atoms with Crippen molar-refractivity contribution in [3.63, 3.8) is 0 Å². The molecule has 4 heteroatoms. The van der Waals surface area contributed by atoms with E-state index in [9.17, 15) is 0 Å². The largest absolute Gasteiger partial charge is 0.305 e. The number of aromatic nitrogens is 3. The van der Waals surface area contributed by atoms with Crippen molar-refractivity contribution in [3.05, 3.63) is 12.2 Å². The highest BCUT2D eigenvalue weighted by Gasteiger charge is 2.19. The molecule has 0 radical (unpaired) electrons. The number of nitrogens with one attached hydrogen (secondary N) is 1. The van der Waals surface area contributed by atoms with Gasteiger partial charge in [-0.2, -0.15) is 5.10 Å². The Morgan fingerprint density at radius 2 is 2.00 bits per heavy atom. The molecule has 98 valence electrons. The second-order valence-electron chi connectivity index (χ2n) is 5.37. The Balaban J connectivity index is 2.60. The van der Waals surface area contributed by atoms with Crippen molar-refractivity contribution < 1.29 is 0 Å². The Morgan fingerprint density at radius 3 is 2.53 bits per heavy atom. The van der Waals surface area contributed by atoms with Crippen LogP contribution in [0.4, 0.5) is 0 Å². The molecule has 0 atom stereocenters. The van der Waals surface area contributed by atoms with E-state index in [2.05, 4.69) is 50.0 Å². The van der Waals surface area contributed by atoms with Crippen molar-refractivity contribution in [2.45, 2.75) is 66.1 Å². The molecule has 0 aliphatic carbocycles. The summed E-state index contributed by atoms with van der Waals surface area (Å²) in [5.74, 6) is 1.63.